The Labute approximate surface area is 203 Å². The van der Waals surface area contributed by atoms with Crippen molar-refractivity contribution in [2.75, 3.05) is 11.4 Å². The molecule has 3 aromatic carbocycles. The molecule has 0 radical (unpaired) electrons. The third-order valence-corrected chi connectivity index (χ3v) is 6.35. The highest BCUT2D eigenvalue weighted by Crippen LogP contribution is 2.43. The lowest BCUT2D eigenvalue weighted by molar-refractivity contribution is -0.274. The Balaban J connectivity index is 1.36. The van der Waals surface area contributed by atoms with Crippen LogP contribution in [0, 0.1) is 0 Å². The number of alkyl halides is 3. The fourth-order valence-corrected chi connectivity index (χ4v) is 4.65. The van der Waals surface area contributed by atoms with E-state index in [1.54, 1.807) is 24.3 Å². The second-order valence-electron chi connectivity index (χ2n) is 8.62. The average Bonchev–Trinajstić information content (AvgIpc) is 3.35. The third-order valence-electron chi connectivity index (χ3n) is 6.35. The van der Waals surface area contributed by atoms with Gasteiger partial charge in [-0.15, -0.1) is 13.2 Å². The zero-order valence-electron chi connectivity index (χ0n) is 18.9. The molecule has 1 amide bonds. The summed E-state index contributed by atoms with van der Waals surface area (Å²) in [6.45, 7) is 0.289. The number of nitrogens with one attached hydrogen (secondary N) is 1. The van der Waals surface area contributed by atoms with Crippen molar-refractivity contribution >= 4 is 28.3 Å². The molecule has 0 fully saturated rings. The molecule has 0 spiro atoms. The summed E-state index contributed by atoms with van der Waals surface area (Å²) in [5.74, 6) is -1.67. The number of aromatic nitrogens is 1. The molecule has 2 heterocycles. The van der Waals surface area contributed by atoms with Crippen molar-refractivity contribution in [2.45, 2.75) is 24.8 Å². The SMILES string of the molecule is O=C(C[C@]1(O)C(=O)N(CCc2c[nH]c3ccccc23)c2ccccc21)c1ccc(OC(F)(F)F)cc1. The Hall–Kier alpha value is -4.11. The lowest BCUT2D eigenvalue weighted by Gasteiger charge is -2.23. The van der Waals surface area contributed by atoms with E-state index in [0.717, 1.165) is 28.6 Å². The molecule has 5 rings (SSSR count). The van der Waals surface area contributed by atoms with Gasteiger partial charge >= 0.3 is 6.36 Å². The highest BCUT2D eigenvalue weighted by atomic mass is 19.4. The van der Waals surface area contributed by atoms with Gasteiger partial charge in [-0.1, -0.05) is 36.4 Å². The predicted molar refractivity (Wildman–Crippen MR) is 127 cm³/mol. The summed E-state index contributed by atoms with van der Waals surface area (Å²) in [5, 5.41) is 12.5. The molecule has 0 saturated carbocycles. The number of carbonyl (C=O) groups excluding carboxylic acids is 2. The van der Waals surface area contributed by atoms with E-state index in [9.17, 15) is 27.9 Å². The smallest absolute Gasteiger partial charge is 0.406 e. The Morgan fingerprint density at radius 1 is 1.00 bits per heavy atom. The van der Waals surface area contributed by atoms with Crippen LogP contribution >= 0.6 is 0 Å². The summed E-state index contributed by atoms with van der Waals surface area (Å²) >= 11 is 0. The molecule has 4 aromatic rings. The maximum Gasteiger partial charge on any atom is 0.573 e. The van der Waals surface area contributed by atoms with E-state index in [-0.39, 0.29) is 12.1 Å². The van der Waals surface area contributed by atoms with Crippen LogP contribution in [0.4, 0.5) is 18.9 Å². The Morgan fingerprint density at radius 2 is 1.69 bits per heavy atom. The van der Waals surface area contributed by atoms with Crippen LogP contribution in [0.15, 0.2) is 79.0 Å². The summed E-state index contributed by atoms with van der Waals surface area (Å²) in [4.78, 5) is 31.1. The van der Waals surface area contributed by atoms with Crippen molar-refractivity contribution in [3.8, 4) is 5.75 Å². The number of fused-ring (bicyclic) bond motifs is 2. The minimum Gasteiger partial charge on any atom is -0.406 e. The van der Waals surface area contributed by atoms with E-state index in [0.29, 0.717) is 17.7 Å². The molecule has 0 saturated heterocycles. The number of ketones is 1. The fourth-order valence-electron chi connectivity index (χ4n) is 4.65. The van der Waals surface area contributed by atoms with Crippen molar-refractivity contribution < 1.29 is 32.6 Å². The van der Waals surface area contributed by atoms with Crippen LogP contribution in [0.1, 0.15) is 27.9 Å². The lowest BCUT2D eigenvalue weighted by Crippen LogP contribution is -2.42. The van der Waals surface area contributed by atoms with Gasteiger partial charge in [-0.3, -0.25) is 9.59 Å². The van der Waals surface area contributed by atoms with Crippen LogP contribution < -0.4 is 9.64 Å². The van der Waals surface area contributed by atoms with Crippen molar-refractivity contribution in [3.63, 3.8) is 0 Å². The van der Waals surface area contributed by atoms with Gasteiger partial charge in [0.15, 0.2) is 11.4 Å². The van der Waals surface area contributed by atoms with Gasteiger partial charge in [-0.05, 0) is 48.4 Å². The third kappa shape index (κ3) is 4.33. The van der Waals surface area contributed by atoms with Crippen LogP contribution in [-0.4, -0.2) is 34.7 Å². The molecule has 1 aliphatic rings. The zero-order chi connectivity index (χ0) is 25.5. The quantitative estimate of drug-likeness (QED) is 0.350. The number of benzene rings is 3. The molecule has 1 aromatic heterocycles. The molecule has 1 aliphatic heterocycles. The van der Waals surface area contributed by atoms with Gasteiger partial charge in [0.05, 0.1) is 12.1 Å². The second-order valence-corrected chi connectivity index (χ2v) is 8.62. The Morgan fingerprint density at radius 3 is 2.44 bits per heavy atom. The maximum absolute atomic E-state index is 13.5. The average molecular weight is 494 g/mol. The molecule has 184 valence electrons. The van der Waals surface area contributed by atoms with Crippen molar-refractivity contribution in [1.82, 2.24) is 4.98 Å². The Bertz CT molecular complexity index is 1450. The van der Waals surface area contributed by atoms with E-state index in [4.69, 9.17) is 0 Å². The molecule has 1 atom stereocenters. The number of aliphatic hydroxyl groups is 1. The van der Waals surface area contributed by atoms with Crippen molar-refractivity contribution in [2.24, 2.45) is 0 Å². The van der Waals surface area contributed by atoms with Crippen molar-refractivity contribution in [3.05, 3.63) is 95.7 Å². The largest absolute Gasteiger partial charge is 0.573 e. The van der Waals surface area contributed by atoms with Crippen LogP contribution in [0.3, 0.4) is 0 Å². The molecule has 0 unspecified atom stereocenters. The number of rotatable bonds is 7. The molecular formula is C27H21F3N2O4. The predicted octanol–water partition coefficient (Wildman–Crippen LogP) is 5.12. The minimum absolute atomic E-state index is 0.0560. The van der Waals surface area contributed by atoms with Gasteiger partial charge in [0.1, 0.15) is 5.75 Å². The van der Waals surface area contributed by atoms with Gasteiger partial charge in [0.25, 0.3) is 5.91 Å². The molecule has 2 N–H and O–H groups in total. The number of aromatic amines is 1. The first-order valence-electron chi connectivity index (χ1n) is 11.2. The highest BCUT2D eigenvalue weighted by molar-refractivity contribution is 6.10. The Kier molecular flexibility index (Phi) is 5.80. The first kappa shape index (κ1) is 23.6. The monoisotopic (exact) mass is 494 g/mol. The number of Topliss-reactive ketones (excluding diaryl/α,β-unsaturated/α-hetero) is 1. The molecule has 9 heteroatoms. The van der Waals surface area contributed by atoms with E-state index in [1.165, 1.54) is 17.0 Å². The summed E-state index contributed by atoms with van der Waals surface area (Å²) in [6, 6.07) is 18.9. The molecular weight excluding hydrogens is 473 g/mol. The maximum atomic E-state index is 13.5. The van der Waals surface area contributed by atoms with E-state index in [1.807, 2.05) is 30.5 Å². The molecule has 0 aliphatic carbocycles. The summed E-state index contributed by atoms with van der Waals surface area (Å²) in [5.41, 5.74) is 0.805. The summed E-state index contributed by atoms with van der Waals surface area (Å²) in [6.07, 6.45) is -2.99. The molecule has 0 bridgehead atoms. The van der Waals surface area contributed by atoms with E-state index in [2.05, 4.69) is 9.72 Å². The topological polar surface area (TPSA) is 82.6 Å². The van der Waals surface area contributed by atoms with Crippen molar-refractivity contribution in [1.29, 1.82) is 0 Å². The standard InChI is InChI=1S/C27H21F3N2O4/c28-27(29,30)36-19-11-9-17(10-12-19)24(33)15-26(35)21-6-2-4-8-23(21)32(25(26)34)14-13-18-16-31-22-7-3-1-5-20(18)22/h1-12,16,31,35H,13-15H2/t26-/m1/s1. The van der Waals surface area contributed by atoms with Gasteiger partial charge < -0.3 is 19.7 Å². The van der Waals surface area contributed by atoms with E-state index < -0.39 is 35.8 Å². The number of carbonyl (C=O) groups is 2. The zero-order valence-corrected chi connectivity index (χ0v) is 18.9. The van der Waals surface area contributed by atoms with E-state index >= 15 is 0 Å². The fraction of sp³-hybridized carbons (Fsp3) is 0.185. The van der Waals surface area contributed by atoms with Gasteiger partial charge in [-0.2, -0.15) is 0 Å². The number of hydrogen-bond donors (Lipinski definition) is 2. The number of nitrogens with zero attached hydrogens (tertiary/aromatic N) is 1. The number of halogens is 3. The number of para-hydroxylation sites is 2. The van der Waals surface area contributed by atoms with Crippen LogP contribution in [0.5, 0.6) is 5.75 Å². The second kappa shape index (κ2) is 8.83. The number of anilines is 1. The number of amides is 1. The summed E-state index contributed by atoms with van der Waals surface area (Å²) in [7, 11) is 0. The van der Waals surface area contributed by atoms with Crippen LogP contribution in [0.2, 0.25) is 0 Å². The minimum atomic E-state index is -4.85. The van der Waals surface area contributed by atoms with Gasteiger partial charge in [0.2, 0.25) is 0 Å². The first-order chi connectivity index (χ1) is 17.2. The van der Waals surface area contributed by atoms with Gasteiger partial charge in [-0.25, -0.2) is 0 Å². The number of H-pyrrole nitrogens is 1. The van der Waals surface area contributed by atoms with Crippen LogP contribution in [0.25, 0.3) is 10.9 Å². The number of hydrogen-bond acceptors (Lipinski definition) is 4. The molecule has 6 nitrogen and oxygen atoms in total. The van der Waals surface area contributed by atoms with Gasteiger partial charge in [0, 0.05) is 34.8 Å². The molecule has 36 heavy (non-hydrogen) atoms. The first-order valence-corrected chi connectivity index (χ1v) is 11.2. The van der Waals surface area contributed by atoms with Crippen LogP contribution in [-0.2, 0) is 16.8 Å². The normalized spacial score (nSPS) is 17.4. The highest BCUT2D eigenvalue weighted by Gasteiger charge is 2.50. The lowest BCUT2D eigenvalue weighted by atomic mass is 9.88. The summed E-state index contributed by atoms with van der Waals surface area (Å²) < 4.78 is 41.0. The number of ether oxygens (including phenoxy) is 1.